The number of carboxylic acid groups (broad SMARTS) is 1. The van der Waals surface area contributed by atoms with Gasteiger partial charge in [-0.1, -0.05) is 236 Å². The summed E-state index contributed by atoms with van der Waals surface area (Å²) in [7, 11) is 0. The molecule has 1 saturated heterocycles. The predicted octanol–water partition coefficient (Wildman–Crippen LogP) is 15.0. The minimum Gasteiger partial charge on any atom is -0.479 e. The van der Waals surface area contributed by atoms with E-state index in [4.69, 9.17) is 23.7 Å². The Morgan fingerprint density at radius 3 is 1.32 bits per heavy atom. The summed E-state index contributed by atoms with van der Waals surface area (Å²) in [6.45, 7) is 5.85. The van der Waals surface area contributed by atoms with Crippen molar-refractivity contribution in [2.45, 2.75) is 302 Å². The van der Waals surface area contributed by atoms with Gasteiger partial charge in [-0.15, -0.1) is 0 Å². The largest absolute Gasteiger partial charge is 0.479 e. The van der Waals surface area contributed by atoms with E-state index in [2.05, 4.69) is 69.4 Å². The molecule has 6 atom stereocenters. The number of carbonyl (C=O) groups excluding carboxylic acids is 3. The monoisotopic (exact) mass is 1030 g/mol. The minimum atomic E-state index is -1.90. The van der Waals surface area contributed by atoms with Crippen molar-refractivity contribution in [3.05, 3.63) is 48.6 Å². The molecule has 1 fully saturated rings. The fourth-order valence-corrected chi connectivity index (χ4v) is 8.89. The van der Waals surface area contributed by atoms with E-state index < -0.39 is 67.3 Å². The maximum absolute atomic E-state index is 13.1. The molecule has 0 saturated carbocycles. The zero-order chi connectivity index (χ0) is 53.3. The molecule has 0 spiro atoms. The third-order valence-corrected chi connectivity index (χ3v) is 13.4. The van der Waals surface area contributed by atoms with Crippen LogP contribution in [0.1, 0.15) is 265 Å². The summed E-state index contributed by atoms with van der Waals surface area (Å²) in [5.41, 5.74) is 0. The molecule has 0 aromatic carbocycles. The van der Waals surface area contributed by atoms with E-state index in [0.717, 1.165) is 109 Å². The second kappa shape index (κ2) is 49.6. The molecule has 1 heterocycles. The van der Waals surface area contributed by atoms with Crippen LogP contribution >= 0.6 is 0 Å². The third-order valence-electron chi connectivity index (χ3n) is 13.4. The number of unbranched alkanes of at least 4 members (excludes halogenated alkanes) is 28. The van der Waals surface area contributed by atoms with Crippen LogP contribution in [-0.4, -0.2) is 89.2 Å². The molecule has 0 bridgehead atoms. The van der Waals surface area contributed by atoms with Crippen molar-refractivity contribution in [2.75, 3.05) is 13.2 Å². The van der Waals surface area contributed by atoms with Gasteiger partial charge in [0.15, 0.2) is 24.6 Å². The number of rotatable bonds is 50. The van der Waals surface area contributed by atoms with Crippen molar-refractivity contribution in [3.63, 3.8) is 0 Å². The highest BCUT2D eigenvalue weighted by Crippen LogP contribution is 2.26. The quantitative estimate of drug-likeness (QED) is 0.0228. The van der Waals surface area contributed by atoms with Gasteiger partial charge in [0.1, 0.15) is 18.8 Å². The first kappa shape index (κ1) is 67.7. The van der Waals surface area contributed by atoms with Crippen molar-refractivity contribution in [3.8, 4) is 0 Å². The zero-order valence-electron chi connectivity index (χ0n) is 46.4. The maximum Gasteiger partial charge on any atom is 0.335 e. The molecule has 73 heavy (non-hydrogen) atoms. The Balaban J connectivity index is 2.66. The summed E-state index contributed by atoms with van der Waals surface area (Å²) in [5, 5.41) is 31.4. The van der Waals surface area contributed by atoms with E-state index in [9.17, 15) is 34.5 Å². The number of allylic oxidation sites excluding steroid dienone is 8. The molecule has 1 rings (SSSR count). The Bertz CT molecular complexity index is 1460. The van der Waals surface area contributed by atoms with Crippen molar-refractivity contribution < 1.29 is 58.2 Å². The summed E-state index contributed by atoms with van der Waals surface area (Å²) in [4.78, 5) is 51.0. The Kier molecular flexibility index (Phi) is 45.9. The fourth-order valence-electron chi connectivity index (χ4n) is 8.89. The number of ether oxygens (including phenoxy) is 5. The van der Waals surface area contributed by atoms with Crippen LogP contribution in [0.4, 0.5) is 0 Å². The predicted molar refractivity (Wildman–Crippen MR) is 294 cm³/mol. The van der Waals surface area contributed by atoms with Gasteiger partial charge in [-0.25, -0.2) is 4.79 Å². The van der Waals surface area contributed by atoms with E-state index >= 15 is 0 Å². The smallest absolute Gasteiger partial charge is 0.335 e. The molecular weight excluding hydrogens is 925 g/mol. The zero-order valence-corrected chi connectivity index (χ0v) is 46.4. The average molecular weight is 1030 g/mol. The molecule has 0 aromatic heterocycles. The van der Waals surface area contributed by atoms with Gasteiger partial charge in [0.25, 0.3) is 0 Å². The van der Waals surface area contributed by atoms with Gasteiger partial charge in [-0.05, 0) is 57.8 Å². The molecule has 6 unspecified atom stereocenters. The van der Waals surface area contributed by atoms with Crippen molar-refractivity contribution in [1.29, 1.82) is 0 Å². The molecule has 12 heteroatoms. The van der Waals surface area contributed by atoms with Crippen molar-refractivity contribution in [1.82, 2.24) is 0 Å². The van der Waals surface area contributed by atoms with Crippen molar-refractivity contribution in [2.24, 2.45) is 0 Å². The number of hydrogen-bond acceptors (Lipinski definition) is 11. The van der Waals surface area contributed by atoms with Gasteiger partial charge in [0, 0.05) is 19.3 Å². The summed E-state index contributed by atoms with van der Waals surface area (Å²) >= 11 is 0. The number of hydrogen-bond donors (Lipinski definition) is 3. The SMILES string of the molecule is CC/C=C\C/C=C\C/C=C\C/C=C\CCCCCCCCC(=O)OCC(COC1OC(C(=O)O)C(O)C(O)C1OC(=O)CCCCCCCCCCC)OC(=O)CCCCCCCCCCCCCCCCC. The molecule has 12 nitrogen and oxygen atoms in total. The van der Waals surface area contributed by atoms with E-state index in [1.807, 2.05) is 0 Å². The Morgan fingerprint density at radius 1 is 0.466 bits per heavy atom. The van der Waals surface area contributed by atoms with Gasteiger partial charge < -0.3 is 39.0 Å². The number of aliphatic hydroxyl groups excluding tert-OH is 2. The molecule has 1 aliphatic heterocycles. The maximum atomic E-state index is 13.1. The van der Waals surface area contributed by atoms with Crippen LogP contribution in [0.15, 0.2) is 48.6 Å². The molecule has 422 valence electrons. The van der Waals surface area contributed by atoms with E-state index in [1.54, 1.807) is 0 Å². The van der Waals surface area contributed by atoms with Crippen LogP contribution in [0.25, 0.3) is 0 Å². The van der Waals surface area contributed by atoms with E-state index in [1.165, 1.54) is 96.3 Å². The Hall–Kier alpha value is -3.32. The minimum absolute atomic E-state index is 0.0619. The van der Waals surface area contributed by atoms with Crippen LogP contribution < -0.4 is 0 Å². The molecule has 0 aliphatic carbocycles. The summed E-state index contributed by atoms with van der Waals surface area (Å²) in [6, 6.07) is 0. The second-order valence-corrected chi connectivity index (χ2v) is 20.3. The first-order valence-electron chi connectivity index (χ1n) is 29.6. The topological polar surface area (TPSA) is 175 Å². The highest BCUT2D eigenvalue weighted by molar-refractivity contribution is 5.74. The molecular formula is C61H106O12. The summed E-state index contributed by atoms with van der Waals surface area (Å²) in [5.74, 6) is -3.12. The highest BCUT2D eigenvalue weighted by atomic mass is 16.7. The average Bonchev–Trinajstić information content (AvgIpc) is 3.37. The normalized spacial score (nSPS) is 18.6. The lowest BCUT2D eigenvalue weighted by atomic mass is 9.98. The van der Waals surface area contributed by atoms with Gasteiger partial charge in [0.05, 0.1) is 6.61 Å². The van der Waals surface area contributed by atoms with Crippen LogP contribution in [0, 0.1) is 0 Å². The number of aliphatic carboxylic acids is 1. The van der Waals surface area contributed by atoms with Crippen LogP contribution in [-0.2, 0) is 42.9 Å². The second-order valence-electron chi connectivity index (χ2n) is 20.3. The summed E-state index contributed by atoms with van der Waals surface area (Å²) in [6.07, 6.45) is 46.7. The third kappa shape index (κ3) is 39.7. The van der Waals surface area contributed by atoms with Gasteiger partial charge >= 0.3 is 23.9 Å². The van der Waals surface area contributed by atoms with Gasteiger partial charge in [-0.3, -0.25) is 14.4 Å². The molecule has 0 radical (unpaired) electrons. The standard InChI is InChI=1S/C61H106O12/c1-4-7-10-13-16-19-21-23-25-26-27-28-30-31-33-36-38-41-44-47-53(62)69-50-52(71-54(63)48-45-42-40-37-34-32-29-24-22-20-17-14-11-8-5-2)51-70-61-59(57(66)56(65)58(73-61)60(67)68)72-55(64)49-46-43-39-35-18-15-12-9-6-3/h7,10,16,19,23,25,27-28,52,56-59,61,65-66H,4-6,8-9,11-15,17-18,20-22,24,26,29-51H2,1-3H3,(H,67,68)/b10-7-,19-16-,25-23-,28-27-. The lowest BCUT2D eigenvalue weighted by Gasteiger charge is -2.40. The number of aliphatic hydroxyl groups is 2. The fraction of sp³-hybridized carbons (Fsp3) is 0.803. The highest BCUT2D eigenvalue weighted by Gasteiger charge is 2.50. The summed E-state index contributed by atoms with van der Waals surface area (Å²) < 4.78 is 28.4. The number of carbonyl (C=O) groups is 4. The van der Waals surface area contributed by atoms with Crippen LogP contribution in [0.5, 0.6) is 0 Å². The first-order valence-corrected chi connectivity index (χ1v) is 29.6. The van der Waals surface area contributed by atoms with E-state index in [0.29, 0.717) is 19.3 Å². The lowest BCUT2D eigenvalue weighted by molar-refractivity contribution is -0.301. The number of esters is 3. The molecule has 1 aliphatic rings. The molecule has 3 N–H and O–H groups in total. The molecule has 0 amide bonds. The first-order chi connectivity index (χ1) is 35.6. The van der Waals surface area contributed by atoms with Crippen molar-refractivity contribution >= 4 is 23.9 Å². The van der Waals surface area contributed by atoms with E-state index in [-0.39, 0.29) is 25.9 Å². The van der Waals surface area contributed by atoms with Gasteiger partial charge in [0.2, 0.25) is 0 Å². The van der Waals surface area contributed by atoms with Crippen LogP contribution in [0.2, 0.25) is 0 Å². The van der Waals surface area contributed by atoms with Gasteiger partial charge in [-0.2, -0.15) is 0 Å². The number of carboxylic acids is 1. The lowest BCUT2D eigenvalue weighted by Crippen LogP contribution is -2.61. The molecule has 0 aromatic rings. The Morgan fingerprint density at radius 2 is 0.863 bits per heavy atom. The Labute approximate surface area is 443 Å². The van der Waals surface area contributed by atoms with Crippen LogP contribution in [0.3, 0.4) is 0 Å².